The molecule has 12 heteroatoms. The Morgan fingerprint density at radius 1 is 1.30 bits per heavy atom. The summed E-state index contributed by atoms with van der Waals surface area (Å²) in [6.45, 7) is -0.269. The molecule has 1 fully saturated rings. The molecule has 1 amide bonds. The van der Waals surface area contributed by atoms with Crippen LogP contribution in [0.2, 0.25) is 0 Å². The summed E-state index contributed by atoms with van der Waals surface area (Å²) in [6, 6.07) is 6.10. The summed E-state index contributed by atoms with van der Waals surface area (Å²) in [4.78, 5) is 20.6. The number of hydrogen-bond donors (Lipinski definition) is 1. The van der Waals surface area contributed by atoms with E-state index in [1.165, 1.54) is 30.3 Å². The highest BCUT2D eigenvalue weighted by molar-refractivity contribution is 7.92. The molecule has 0 saturated carbocycles. The normalized spacial score (nSPS) is 19.4. The molecular weight excluding hydrogens is 423 g/mol. The van der Waals surface area contributed by atoms with Gasteiger partial charge in [0.25, 0.3) is 0 Å². The van der Waals surface area contributed by atoms with Crippen molar-refractivity contribution in [3.63, 3.8) is 0 Å². The average molecular weight is 439 g/mol. The fourth-order valence-electron chi connectivity index (χ4n) is 3.38. The Hall–Kier alpha value is -3.20. The first-order valence-electron chi connectivity index (χ1n) is 8.71. The number of rotatable bonds is 4. The second kappa shape index (κ2) is 7.91. The van der Waals surface area contributed by atoms with Gasteiger partial charge in [-0.05, 0) is 24.6 Å². The van der Waals surface area contributed by atoms with Crippen LogP contribution in [0, 0.1) is 11.3 Å². The summed E-state index contributed by atoms with van der Waals surface area (Å²) in [7, 11) is -3.07. The molecule has 158 valence electrons. The van der Waals surface area contributed by atoms with E-state index in [1.807, 2.05) is 0 Å². The lowest BCUT2D eigenvalue weighted by atomic mass is 10.2. The number of hydrogen-bond acceptors (Lipinski definition) is 7. The summed E-state index contributed by atoms with van der Waals surface area (Å²) < 4.78 is 66.3. The zero-order chi connectivity index (χ0) is 22.1. The van der Waals surface area contributed by atoms with Gasteiger partial charge in [0.2, 0.25) is 11.7 Å². The number of nitriles is 1. The van der Waals surface area contributed by atoms with Crippen LogP contribution in [0.4, 0.5) is 19.0 Å². The highest BCUT2D eigenvalue weighted by Crippen LogP contribution is 2.38. The number of nitrogens with one attached hydrogen (secondary N) is 1. The minimum atomic E-state index is -4.85. The quantitative estimate of drug-likeness (QED) is 0.768. The summed E-state index contributed by atoms with van der Waals surface area (Å²) in [6.07, 6.45) is -3.81. The van der Waals surface area contributed by atoms with Gasteiger partial charge in [-0.25, -0.2) is 18.4 Å². The van der Waals surface area contributed by atoms with Crippen molar-refractivity contribution in [3.8, 4) is 6.07 Å². The van der Waals surface area contributed by atoms with Gasteiger partial charge in [0, 0.05) is 19.8 Å². The van der Waals surface area contributed by atoms with E-state index >= 15 is 0 Å². The lowest BCUT2D eigenvalue weighted by molar-refractivity contribution is -0.139. The minimum absolute atomic E-state index is 0.136. The number of alkyl halides is 3. The molecule has 0 aliphatic carbocycles. The molecule has 1 saturated heterocycles. The van der Waals surface area contributed by atoms with E-state index in [2.05, 4.69) is 15.3 Å². The Kier molecular flexibility index (Phi) is 5.67. The first kappa shape index (κ1) is 21.5. The highest BCUT2D eigenvalue weighted by atomic mass is 32.2. The number of aromatic nitrogens is 2. The predicted molar refractivity (Wildman–Crippen MR) is 99.0 cm³/mol. The lowest BCUT2D eigenvalue weighted by Crippen LogP contribution is -2.42. The van der Waals surface area contributed by atoms with Crippen molar-refractivity contribution in [1.29, 1.82) is 5.26 Å². The SMILES string of the molecule is CNC(=O)[C@@H]1C[C@H](S(=O)(=O)c2ccccc2C(F)(F)F)CN1c1ccnc(C#N)n1. The molecule has 0 bridgehead atoms. The standard InChI is InChI=1S/C18H16F3N5O3S/c1-23-17(27)13-8-11(10-26(13)16-6-7-24-15(9-22)25-16)30(28,29)14-5-3-2-4-12(14)18(19,20)21/h2-7,11,13H,8,10H2,1H3,(H,23,27)/t11-,13-/m0/s1. The number of sulfone groups is 1. The molecule has 1 aromatic heterocycles. The van der Waals surface area contributed by atoms with Gasteiger partial charge in [0.1, 0.15) is 17.9 Å². The van der Waals surface area contributed by atoms with Crippen molar-refractivity contribution in [3.05, 3.63) is 47.9 Å². The number of likely N-dealkylation sites (N-methyl/N-ethyl adjacent to an activating group) is 1. The molecule has 0 spiro atoms. The van der Waals surface area contributed by atoms with Crippen LogP contribution in [0.1, 0.15) is 17.8 Å². The van der Waals surface area contributed by atoms with Gasteiger partial charge in [-0.15, -0.1) is 0 Å². The van der Waals surface area contributed by atoms with Gasteiger partial charge in [0.05, 0.1) is 15.7 Å². The van der Waals surface area contributed by atoms with Crippen LogP contribution in [0.15, 0.2) is 41.4 Å². The lowest BCUT2D eigenvalue weighted by Gasteiger charge is -2.24. The van der Waals surface area contributed by atoms with Gasteiger partial charge >= 0.3 is 6.18 Å². The van der Waals surface area contributed by atoms with Crippen molar-refractivity contribution >= 4 is 21.6 Å². The smallest absolute Gasteiger partial charge is 0.357 e. The summed E-state index contributed by atoms with van der Waals surface area (Å²) >= 11 is 0. The molecule has 2 heterocycles. The Labute approximate surface area is 170 Å². The number of anilines is 1. The number of nitrogens with zero attached hydrogens (tertiary/aromatic N) is 4. The van der Waals surface area contributed by atoms with Crippen LogP contribution in [0.25, 0.3) is 0 Å². The number of halogens is 3. The average Bonchev–Trinajstić information content (AvgIpc) is 3.19. The fraction of sp³-hybridized carbons (Fsp3) is 0.333. The van der Waals surface area contributed by atoms with E-state index in [9.17, 15) is 26.4 Å². The topological polar surface area (TPSA) is 116 Å². The molecule has 2 atom stereocenters. The van der Waals surface area contributed by atoms with E-state index in [4.69, 9.17) is 5.26 Å². The molecule has 8 nitrogen and oxygen atoms in total. The van der Waals surface area contributed by atoms with Gasteiger partial charge in [0.15, 0.2) is 9.84 Å². The third-order valence-corrected chi connectivity index (χ3v) is 6.97. The van der Waals surface area contributed by atoms with E-state index in [1.54, 1.807) is 6.07 Å². The zero-order valence-corrected chi connectivity index (χ0v) is 16.4. The van der Waals surface area contributed by atoms with Crippen LogP contribution in [0.3, 0.4) is 0 Å². The van der Waals surface area contributed by atoms with E-state index < -0.39 is 43.7 Å². The molecule has 2 aromatic rings. The number of amides is 1. The maximum absolute atomic E-state index is 13.4. The van der Waals surface area contributed by atoms with E-state index in [-0.39, 0.29) is 24.6 Å². The molecule has 1 aliphatic heterocycles. The first-order chi connectivity index (χ1) is 14.1. The Balaban J connectivity index is 2.04. The highest BCUT2D eigenvalue weighted by Gasteiger charge is 2.46. The largest absolute Gasteiger partial charge is 0.417 e. The molecule has 1 aromatic carbocycles. The van der Waals surface area contributed by atoms with Crippen LogP contribution in [-0.4, -0.2) is 49.2 Å². The van der Waals surface area contributed by atoms with Crippen LogP contribution < -0.4 is 10.2 Å². The van der Waals surface area contributed by atoms with Crippen molar-refractivity contribution in [2.45, 2.75) is 28.8 Å². The summed E-state index contributed by atoms with van der Waals surface area (Å²) in [5.74, 6) is -0.567. The maximum Gasteiger partial charge on any atom is 0.417 e. The van der Waals surface area contributed by atoms with Gasteiger partial charge in [-0.3, -0.25) is 4.79 Å². The van der Waals surface area contributed by atoms with E-state index in [0.29, 0.717) is 6.07 Å². The van der Waals surface area contributed by atoms with E-state index in [0.717, 1.165) is 12.1 Å². The molecular formula is C18H16F3N5O3S. The molecule has 30 heavy (non-hydrogen) atoms. The first-order valence-corrected chi connectivity index (χ1v) is 10.3. The number of carbonyl (C=O) groups is 1. The molecule has 0 unspecified atom stereocenters. The van der Waals surface area contributed by atoms with Crippen LogP contribution >= 0.6 is 0 Å². The van der Waals surface area contributed by atoms with Crippen LogP contribution in [0.5, 0.6) is 0 Å². The second-order valence-electron chi connectivity index (χ2n) is 6.53. The summed E-state index contributed by atoms with van der Waals surface area (Å²) in [5.41, 5.74) is -1.26. The molecule has 1 N–H and O–H groups in total. The third kappa shape index (κ3) is 3.93. The molecule has 1 aliphatic rings. The predicted octanol–water partition coefficient (Wildman–Crippen LogP) is 1.53. The van der Waals surface area contributed by atoms with Crippen molar-refractivity contribution in [1.82, 2.24) is 15.3 Å². The monoisotopic (exact) mass is 439 g/mol. The Bertz CT molecular complexity index is 1110. The van der Waals surface area contributed by atoms with Gasteiger partial charge < -0.3 is 10.2 Å². The minimum Gasteiger partial charge on any atom is -0.357 e. The van der Waals surface area contributed by atoms with Crippen LogP contribution in [-0.2, 0) is 20.8 Å². The van der Waals surface area contributed by atoms with Gasteiger partial charge in [-0.2, -0.15) is 18.4 Å². The van der Waals surface area contributed by atoms with Crippen molar-refractivity contribution < 1.29 is 26.4 Å². The number of benzene rings is 1. The Morgan fingerprint density at radius 2 is 2.00 bits per heavy atom. The second-order valence-corrected chi connectivity index (χ2v) is 8.73. The molecule has 0 radical (unpaired) electrons. The maximum atomic E-state index is 13.4. The Morgan fingerprint density at radius 3 is 2.63 bits per heavy atom. The number of carbonyl (C=O) groups excluding carboxylic acids is 1. The van der Waals surface area contributed by atoms with Crippen molar-refractivity contribution in [2.24, 2.45) is 0 Å². The van der Waals surface area contributed by atoms with Crippen molar-refractivity contribution in [2.75, 3.05) is 18.5 Å². The molecule has 3 rings (SSSR count). The summed E-state index contributed by atoms with van der Waals surface area (Å²) in [5, 5.41) is 10.1. The fourth-order valence-corrected chi connectivity index (χ4v) is 5.29. The zero-order valence-electron chi connectivity index (χ0n) is 15.6. The van der Waals surface area contributed by atoms with Gasteiger partial charge in [-0.1, -0.05) is 12.1 Å². The third-order valence-electron chi connectivity index (χ3n) is 4.78.